The van der Waals surface area contributed by atoms with Gasteiger partial charge in [0.1, 0.15) is 10.6 Å². The fourth-order valence-electron chi connectivity index (χ4n) is 2.69. The fraction of sp³-hybridized carbons (Fsp3) is 0.600. The molecule has 21 heavy (non-hydrogen) atoms. The van der Waals surface area contributed by atoms with Crippen molar-refractivity contribution in [2.45, 2.75) is 56.4 Å². The molecule has 0 bridgehead atoms. The highest BCUT2D eigenvalue weighted by atomic mass is 79.9. The van der Waals surface area contributed by atoms with Gasteiger partial charge in [0.15, 0.2) is 0 Å². The second-order valence-electron chi connectivity index (χ2n) is 5.56. The molecule has 1 aliphatic carbocycles. The molecule has 0 saturated heterocycles. The largest absolute Gasteiger partial charge is 0.495 e. The van der Waals surface area contributed by atoms with E-state index in [1.54, 1.807) is 12.1 Å². The van der Waals surface area contributed by atoms with Crippen LogP contribution in [0, 0.1) is 6.92 Å². The van der Waals surface area contributed by atoms with E-state index >= 15 is 0 Å². The normalized spacial score (nSPS) is 17.5. The minimum Gasteiger partial charge on any atom is -0.495 e. The van der Waals surface area contributed by atoms with Gasteiger partial charge >= 0.3 is 0 Å². The summed E-state index contributed by atoms with van der Waals surface area (Å²) >= 11 is 3.39. The minimum absolute atomic E-state index is 0.0299. The van der Waals surface area contributed by atoms with E-state index in [1.807, 2.05) is 6.92 Å². The van der Waals surface area contributed by atoms with Crippen LogP contribution in [0.15, 0.2) is 21.5 Å². The molecule has 1 aromatic carbocycles. The number of rotatable bonds is 4. The average molecular weight is 376 g/mol. The number of hydrogen-bond acceptors (Lipinski definition) is 3. The van der Waals surface area contributed by atoms with Crippen molar-refractivity contribution in [2.24, 2.45) is 0 Å². The Morgan fingerprint density at radius 1 is 1.19 bits per heavy atom. The van der Waals surface area contributed by atoms with Crippen molar-refractivity contribution in [1.82, 2.24) is 4.72 Å². The van der Waals surface area contributed by atoms with Gasteiger partial charge in [0.25, 0.3) is 0 Å². The summed E-state index contributed by atoms with van der Waals surface area (Å²) < 4.78 is 34.1. The minimum atomic E-state index is -3.56. The number of ether oxygens (including phenoxy) is 1. The Kier molecular flexibility index (Phi) is 5.68. The first kappa shape index (κ1) is 16.8. The second-order valence-corrected chi connectivity index (χ2v) is 8.10. The van der Waals surface area contributed by atoms with E-state index in [9.17, 15) is 8.42 Å². The Labute approximate surface area is 135 Å². The van der Waals surface area contributed by atoms with Crippen LogP contribution in [0.3, 0.4) is 0 Å². The number of aryl methyl sites for hydroxylation is 1. The van der Waals surface area contributed by atoms with E-state index in [0.29, 0.717) is 5.75 Å². The standard InChI is InChI=1S/C15H22BrNO3S/c1-11-9-14(20-2)15(10-13(11)16)21(18,19)17-12-7-5-3-4-6-8-12/h9-10,12,17H,3-8H2,1-2H3. The van der Waals surface area contributed by atoms with E-state index in [0.717, 1.165) is 35.7 Å². The van der Waals surface area contributed by atoms with Crippen molar-refractivity contribution in [3.05, 3.63) is 22.2 Å². The van der Waals surface area contributed by atoms with Crippen LogP contribution in [0.4, 0.5) is 0 Å². The number of halogens is 1. The first-order valence-corrected chi connectivity index (χ1v) is 9.58. The molecule has 0 unspecified atom stereocenters. The third kappa shape index (κ3) is 4.20. The van der Waals surface area contributed by atoms with Gasteiger partial charge in [-0.1, -0.05) is 41.6 Å². The molecule has 0 aliphatic heterocycles. The molecular weight excluding hydrogens is 354 g/mol. The van der Waals surface area contributed by atoms with Crippen molar-refractivity contribution in [2.75, 3.05) is 7.11 Å². The lowest BCUT2D eigenvalue weighted by molar-refractivity contribution is 0.401. The first-order valence-electron chi connectivity index (χ1n) is 7.30. The highest BCUT2D eigenvalue weighted by Gasteiger charge is 2.25. The van der Waals surface area contributed by atoms with Gasteiger partial charge in [-0.15, -0.1) is 0 Å². The Balaban J connectivity index is 2.28. The molecule has 0 atom stereocenters. The third-order valence-electron chi connectivity index (χ3n) is 3.91. The number of methoxy groups -OCH3 is 1. The summed E-state index contributed by atoms with van der Waals surface area (Å²) in [5.41, 5.74) is 0.945. The second kappa shape index (κ2) is 7.11. The van der Waals surface area contributed by atoms with Crippen LogP contribution < -0.4 is 9.46 Å². The first-order chi connectivity index (χ1) is 9.94. The van der Waals surface area contributed by atoms with Gasteiger partial charge in [0, 0.05) is 10.5 Å². The summed E-state index contributed by atoms with van der Waals surface area (Å²) in [6, 6.07) is 3.39. The van der Waals surface area contributed by atoms with Crippen LogP contribution in [0.2, 0.25) is 0 Å². The van der Waals surface area contributed by atoms with Crippen molar-refractivity contribution in [3.8, 4) is 5.75 Å². The zero-order valence-electron chi connectivity index (χ0n) is 12.5. The highest BCUT2D eigenvalue weighted by Crippen LogP contribution is 2.31. The maximum absolute atomic E-state index is 12.6. The molecule has 0 radical (unpaired) electrons. The predicted octanol–water partition coefficient (Wildman–Crippen LogP) is 3.77. The fourth-order valence-corrected chi connectivity index (χ4v) is 4.66. The quantitative estimate of drug-likeness (QED) is 0.814. The van der Waals surface area contributed by atoms with Crippen LogP contribution in [0.5, 0.6) is 5.75 Å². The lowest BCUT2D eigenvalue weighted by Gasteiger charge is -2.18. The topological polar surface area (TPSA) is 55.4 Å². The number of benzene rings is 1. The van der Waals surface area contributed by atoms with Gasteiger partial charge in [-0.05, 0) is 37.5 Å². The monoisotopic (exact) mass is 375 g/mol. The Bertz CT molecular complexity index is 593. The van der Waals surface area contributed by atoms with E-state index in [1.165, 1.54) is 20.0 Å². The van der Waals surface area contributed by atoms with E-state index < -0.39 is 10.0 Å². The summed E-state index contributed by atoms with van der Waals surface area (Å²) in [6.07, 6.45) is 6.38. The molecular formula is C15H22BrNO3S. The van der Waals surface area contributed by atoms with E-state index in [-0.39, 0.29) is 10.9 Å². The third-order valence-corrected chi connectivity index (χ3v) is 6.31. The molecule has 2 rings (SSSR count). The van der Waals surface area contributed by atoms with E-state index in [4.69, 9.17) is 4.74 Å². The van der Waals surface area contributed by atoms with Crippen molar-refractivity contribution in [3.63, 3.8) is 0 Å². The van der Waals surface area contributed by atoms with Crippen LogP contribution in [-0.4, -0.2) is 21.6 Å². The summed E-state index contributed by atoms with van der Waals surface area (Å²) in [4.78, 5) is 0.201. The molecule has 1 aromatic rings. The van der Waals surface area contributed by atoms with Crippen LogP contribution in [-0.2, 0) is 10.0 Å². The molecule has 0 aromatic heterocycles. The maximum atomic E-state index is 12.6. The SMILES string of the molecule is COc1cc(C)c(Br)cc1S(=O)(=O)NC1CCCCCC1. The van der Waals surface area contributed by atoms with Gasteiger partial charge in [-0.2, -0.15) is 0 Å². The zero-order valence-corrected chi connectivity index (χ0v) is 14.9. The maximum Gasteiger partial charge on any atom is 0.244 e. The number of nitrogens with one attached hydrogen (secondary N) is 1. The Hall–Kier alpha value is -0.590. The lowest BCUT2D eigenvalue weighted by Crippen LogP contribution is -2.34. The molecule has 0 spiro atoms. The molecule has 118 valence electrons. The van der Waals surface area contributed by atoms with Crippen LogP contribution in [0.25, 0.3) is 0 Å². The lowest BCUT2D eigenvalue weighted by atomic mass is 10.1. The molecule has 4 nitrogen and oxygen atoms in total. The van der Waals surface area contributed by atoms with Gasteiger partial charge in [-0.25, -0.2) is 13.1 Å². The van der Waals surface area contributed by atoms with Gasteiger partial charge in [-0.3, -0.25) is 0 Å². The summed E-state index contributed by atoms with van der Waals surface area (Å²) in [7, 11) is -2.07. The van der Waals surface area contributed by atoms with Gasteiger partial charge in [0.05, 0.1) is 7.11 Å². The zero-order chi connectivity index (χ0) is 15.5. The Morgan fingerprint density at radius 3 is 2.38 bits per heavy atom. The Morgan fingerprint density at radius 2 is 1.81 bits per heavy atom. The predicted molar refractivity (Wildman–Crippen MR) is 87.2 cm³/mol. The van der Waals surface area contributed by atoms with Gasteiger partial charge in [0.2, 0.25) is 10.0 Å². The van der Waals surface area contributed by atoms with Gasteiger partial charge < -0.3 is 4.74 Å². The molecule has 0 amide bonds. The number of sulfonamides is 1. The molecule has 6 heteroatoms. The summed E-state index contributed by atoms with van der Waals surface area (Å²) in [6.45, 7) is 1.90. The average Bonchev–Trinajstić information content (AvgIpc) is 2.69. The highest BCUT2D eigenvalue weighted by molar-refractivity contribution is 9.10. The summed E-state index contributed by atoms with van der Waals surface area (Å²) in [5.74, 6) is 0.386. The van der Waals surface area contributed by atoms with Crippen molar-refractivity contribution < 1.29 is 13.2 Å². The number of hydrogen-bond donors (Lipinski definition) is 1. The smallest absolute Gasteiger partial charge is 0.244 e. The molecule has 0 heterocycles. The van der Waals surface area contributed by atoms with E-state index in [2.05, 4.69) is 20.7 Å². The summed E-state index contributed by atoms with van der Waals surface area (Å²) in [5, 5.41) is 0. The molecule has 1 saturated carbocycles. The molecule has 1 aliphatic rings. The molecule has 1 N–H and O–H groups in total. The van der Waals surface area contributed by atoms with Crippen LogP contribution in [0.1, 0.15) is 44.1 Å². The molecule has 1 fully saturated rings. The van der Waals surface area contributed by atoms with Crippen LogP contribution >= 0.6 is 15.9 Å². The van der Waals surface area contributed by atoms with Crippen molar-refractivity contribution >= 4 is 26.0 Å². The van der Waals surface area contributed by atoms with Crippen molar-refractivity contribution in [1.29, 1.82) is 0 Å².